The van der Waals surface area contributed by atoms with Crippen LogP contribution in [0.25, 0.3) is 0 Å². The van der Waals surface area contributed by atoms with Gasteiger partial charge in [0.25, 0.3) is 0 Å². The van der Waals surface area contributed by atoms with Crippen molar-refractivity contribution in [3.63, 3.8) is 0 Å². The lowest BCUT2D eigenvalue weighted by molar-refractivity contribution is 0.231. The first-order valence-electron chi connectivity index (χ1n) is 9.75. The molecule has 0 amide bonds. The van der Waals surface area contributed by atoms with Crippen LogP contribution in [-0.4, -0.2) is 12.2 Å². The number of nitrogens with zero attached hydrogens (tertiary/aromatic N) is 1. The summed E-state index contributed by atoms with van der Waals surface area (Å²) in [6.45, 7) is -0.131. The van der Waals surface area contributed by atoms with Gasteiger partial charge in [-0.05, 0) is 23.3 Å². The molecule has 0 fully saturated rings. The van der Waals surface area contributed by atoms with Crippen molar-refractivity contribution in [2.24, 2.45) is 5.73 Å². The molecule has 0 radical (unpaired) electrons. The third-order valence-electron chi connectivity index (χ3n) is 5.04. The Morgan fingerprint density at radius 1 is 1.16 bits per heavy atom. The quantitative estimate of drug-likeness (QED) is 0.608. The third-order valence-corrected chi connectivity index (χ3v) is 5.04. The molecule has 8 nitrogen and oxygen atoms in total. The van der Waals surface area contributed by atoms with Gasteiger partial charge in [0.15, 0.2) is 17.3 Å². The van der Waals surface area contributed by atoms with E-state index in [0.717, 1.165) is 11.6 Å². The minimum Gasteiger partial charge on any atom is -0.493 e. The van der Waals surface area contributed by atoms with E-state index in [9.17, 15) is 15.2 Å². The van der Waals surface area contributed by atoms with Gasteiger partial charge in [-0.2, -0.15) is 5.26 Å². The van der Waals surface area contributed by atoms with Gasteiger partial charge in [0.05, 0.1) is 13.0 Å². The molecule has 0 unspecified atom stereocenters. The highest BCUT2D eigenvalue weighted by molar-refractivity contribution is 5.55. The Morgan fingerprint density at radius 2 is 1.94 bits per heavy atom. The second kappa shape index (κ2) is 8.88. The number of fused-ring (bicyclic) bond motifs is 1. The van der Waals surface area contributed by atoms with Gasteiger partial charge >= 0.3 is 0 Å². The molecule has 32 heavy (non-hydrogen) atoms. The predicted octanol–water partition coefficient (Wildman–Crippen LogP) is 2.94. The van der Waals surface area contributed by atoms with E-state index in [2.05, 4.69) is 0 Å². The maximum Gasteiger partial charge on any atom is 0.228 e. The smallest absolute Gasteiger partial charge is 0.228 e. The molecule has 8 heteroatoms. The summed E-state index contributed by atoms with van der Waals surface area (Å²) in [5, 5.41) is 19.2. The van der Waals surface area contributed by atoms with Crippen molar-refractivity contribution in [1.82, 2.24) is 0 Å². The first-order valence-corrected chi connectivity index (χ1v) is 9.75. The van der Waals surface area contributed by atoms with Gasteiger partial charge < -0.3 is 29.5 Å². The number of hydrogen-bond acceptors (Lipinski definition) is 8. The Balaban J connectivity index is 1.76. The SMILES string of the molecule is COc1cc([C@H]2C(C#N)=C(N)Oc3c2oc(CO)cc3=O)ccc1OCc1ccccc1. The number of rotatable bonds is 6. The lowest BCUT2D eigenvalue weighted by Crippen LogP contribution is -2.25. The monoisotopic (exact) mass is 432 g/mol. The summed E-state index contributed by atoms with van der Waals surface area (Å²) in [7, 11) is 1.51. The Kier molecular flexibility index (Phi) is 5.83. The molecule has 2 heterocycles. The largest absolute Gasteiger partial charge is 0.493 e. The molecule has 1 aliphatic heterocycles. The van der Waals surface area contributed by atoms with Crippen LogP contribution in [0.1, 0.15) is 28.6 Å². The molecule has 1 atom stereocenters. The summed E-state index contributed by atoms with van der Waals surface area (Å²) in [5.74, 6) is -0.0388. The highest BCUT2D eigenvalue weighted by Crippen LogP contribution is 2.43. The molecule has 4 rings (SSSR count). The Labute approximate surface area is 183 Å². The second-order valence-corrected chi connectivity index (χ2v) is 7.04. The third kappa shape index (κ3) is 3.89. The molecule has 0 aliphatic carbocycles. The van der Waals surface area contributed by atoms with Crippen molar-refractivity contribution >= 4 is 0 Å². The van der Waals surface area contributed by atoms with E-state index in [1.165, 1.54) is 7.11 Å². The molecule has 1 aliphatic rings. The molecule has 2 aromatic carbocycles. The lowest BCUT2D eigenvalue weighted by atomic mass is 9.87. The highest BCUT2D eigenvalue weighted by Gasteiger charge is 2.35. The van der Waals surface area contributed by atoms with Crippen LogP contribution in [0.15, 0.2) is 75.3 Å². The number of methoxy groups -OCH3 is 1. The molecular weight excluding hydrogens is 412 g/mol. The van der Waals surface area contributed by atoms with Crippen LogP contribution >= 0.6 is 0 Å². The molecule has 3 N–H and O–H groups in total. The first-order chi connectivity index (χ1) is 15.5. The zero-order valence-corrected chi connectivity index (χ0v) is 17.2. The van der Waals surface area contributed by atoms with Gasteiger partial charge in [0, 0.05) is 6.07 Å². The van der Waals surface area contributed by atoms with Gasteiger partial charge in [-0.15, -0.1) is 0 Å². The van der Waals surface area contributed by atoms with Crippen LogP contribution < -0.4 is 25.4 Å². The van der Waals surface area contributed by atoms with E-state index in [1.54, 1.807) is 18.2 Å². The van der Waals surface area contributed by atoms with Crippen molar-refractivity contribution in [3.8, 4) is 23.3 Å². The van der Waals surface area contributed by atoms with Crippen molar-refractivity contribution in [2.75, 3.05) is 7.11 Å². The zero-order valence-electron chi connectivity index (χ0n) is 17.2. The van der Waals surface area contributed by atoms with E-state index < -0.39 is 18.0 Å². The van der Waals surface area contributed by atoms with Crippen molar-refractivity contribution < 1.29 is 23.7 Å². The summed E-state index contributed by atoms with van der Waals surface area (Å²) in [6.07, 6.45) is 0. The number of hydrogen-bond donors (Lipinski definition) is 2. The van der Waals surface area contributed by atoms with E-state index in [1.807, 2.05) is 36.4 Å². The standard InChI is InChI=1S/C24H20N2O6/c1-29-20-9-15(7-8-19(20)30-13-14-5-3-2-4-6-14)21-17(11-25)24(26)32-22-18(28)10-16(12-27)31-23(21)22/h2-10,21,27H,12-13,26H2,1H3/t21-/m0/s1. The van der Waals surface area contributed by atoms with Crippen molar-refractivity contribution in [1.29, 1.82) is 5.26 Å². The number of aliphatic hydroxyl groups excluding tert-OH is 1. The Hall–Kier alpha value is -4.22. The fraction of sp³-hybridized carbons (Fsp3) is 0.167. The number of allylic oxidation sites excluding steroid dienone is 1. The van der Waals surface area contributed by atoms with Gasteiger partial charge in [-0.1, -0.05) is 36.4 Å². The fourth-order valence-corrected chi connectivity index (χ4v) is 3.51. The van der Waals surface area contributed by atoms with E-state index >= 15 is 0 Å². The molecule has 3 aromatic rings. The Morgan fingerprint density at radius 3 is 2.62 bits per heavy atom. The highest BCUT2D eigenvalue weighted by atomic mass is 16.5. The maximum absolute atomic E-state index is 12.5. The molecule has 162 valence electrons. The molecule has 0 saturated heterocycles. The normalized spacial score (nSPS) is 14.8. The van der Waals surface area contributed by atoms with Crippen LogP contribution in [0, 0.1) is 11.3 Å². The molecule has 0 saturated carbocycles. The minimum atomic E-state index is -0.819. The summed E-state index contributed by atoms with van der Waals surface area (Å²) in [4.78, 5) is 12.5. The van der Waals surface area contributed by atoms with E-state index in [-0.39, 0.29) is 28.7 Å². The van der Waals surface area contributed by atoms with Gasteiger partial charge in [0.2, 0.25) is 17.1 Å². The topological polar surface area (TPSA) is 128 Å². The van der Waals surface area contributed by atoms with Crippen LogP contribution in [0.2, 0.25) is 0 Å². The van der Waals surface area contributed by atoms with Gasteiger partial charge in [-0.3, -0.25) is 4.79 Å². The molecule has 1 aromatic heterocycles. The van der Waals surface area contributed by atoms with Gasteiger partial charge in [0.1, 0.15) is 30.6 Å². The van der Waals surface area contributed by atoms with Gasteiger partial charge in [-0.25, -0.2) is 0 Å². The number of ether oxygens (including phenoxy) is 3. The van der Waals surface area contributed by atoms with Crippen LogP contribution in [0.4, 0.5) is 0 Å². The van der Waals surface area contributed by atoms with Crippen molar-refractivity contribution in [3.05, 3.63) is 98.9 Å². The summed E-state index contributed by atoms with van der Waals surface area (Å²) in [5.41, 5.74) is 7.09. The number of benzene rings is 2. The average molecular weight is 432 g/mol. The maximum atomic E-state index is 12.5. The summed E-state index contributed by atoms with van der Waals surface area (Å²) >= 11 is 0. The van der Waals surface area contributed by atoms with Crippen LogP contribution in [0.5, 0.6) is 17.2 Å². The number of nitrogens with two attached hydrogens (primary N) is 1. The average Bonchev–Trinajstić information content (AvgIpc) is 2.82. The predicted molar refractivity (Wildman–Crippen MR) is 114 cm³/mol. The second-order valence-electron chi connectivity index (χ2n) is 7.04. The van der Waals surface area contributed by atoms with E-state index in [0.29, 0.717) is 23.7 Å². The van der Waals surface area contributed by atoms with E-state index in [4.69, 9.17) is 24.4 Å². The molecular formula is C24H20N2O6. The summed E-state index contributed by atoms with van der Waals surface area (Å²) in [6, 6.07) is 18.0. The van der Waals surface area contributed by atoms with Crippen LogP contribution in [0.3, 0.4) is 0 Å². The first kappa shape index (κ1) is 21.0. The fourth-order valence-electron chi connectivity index (χ4n) is 3.51. The number of aliphatic hydroxyl groups is 1. The lowest BCUT2D eigenvalue weighted by Gasteiger charge is -2.25. The summed E-state index contributed by atoms with van der Waals surface area (Å²) < 4.78 is 22.5. The zero-order chi connectivity index (χ0) is 22.7. The number of nitriles is 1. The van der Waals surface area contributed by atoms with Crippen LogP contribution in [-0.2, 0) is 13.2 Å². The van der Waals surface area contributed by atoms with Crippen molar-refractivity contribution in [2.45, 2.75) is 19.1 Å². The Bertz CT molecular complexity index is 1270. The molecule has 0 bridgehead atoms. The molecule has 0 spiro atoms. The minimum absolute atomic E-state index is 0.0508.